The number of carbonyl (C=O) groups excluding carboxylic acids is 1. The lowest BCUT2D eigenvalue weighted by Crippen LogP contribution is -2.45. The Morgan fingerprint density at radius 2 is 2.06 bits per heavy atom. The number of aliphatic hydroxyl groups excluding tert-OH is 1. The summed E-state index contributed by atoms with van der Waals surface area (Å²) in [7, 11) is 0. The van der Waals surface area contributed by atoms with Crippen LogP contribution in [0.2, 0.25) is 0 Å². The Morgan fingerprint density at radius 1 is 1.35 bits per heavy atom. The predicted octanol–water partition coefficient (Wildman–Crippen LogP) is 1.76. The molecule has 94 valence electrons. The maximum atomic E-state index is 11.9. The summed E-state index contributed by atoms with van der Waals surface area (Å²) >= 11 is 0. The second kappa shape index (κ2) is 4.02. The lowest BCUT2D eigenvalue weighted by molar-refractivity contribution is -0.139. The first-order chi connectivity index (χ1) is 8.22. The van der Waals surface area contributed by atoms with Crippen LogP contribution in [0.15, 0.2) is 11.3 Å². The third-order valence-corrected chi connectivity index (χ3v) is 4.38. The molecule has 1 N–H and O–H groups in total. The Kier molecular flexibility index (Phi) is 2.62. The Bertz CT molecular complexity index is 377. The van der Waals surface area contributed by atoms with Crippen LogP contribution in [-0.2, 0) is 9.53 Å². The number of hydrogen-bond acceptors (Lipinski definition) is 4. The van der Waals surface area contributed by atoms with E-state index >= 15 is 0 Å². The summed E-state index contributed by atoms with van der Waals surface area (Å²) in [5, 5.41) is 10.1. The van der Waals surface area contributed by atoms with Crippen LogP contribution >= 0.6 is 0 Å². The summed E-state index contributed by atoms with van der Waals surface area (Å²) in [6.45, 7) is 2.17. The molecule has 0 saturated carbocycles. The van der Waals surface area contributed by atoms with E-state index in [-0.39, 0.29) is 17.8 Å². The number of carbonyl (C=O) groups is 1. The minimum atomic E-state index is -0.319. The average Bonchev–Trinajstić information content (AvgIpc) is 2.86. The Morgan fingerprint density at radius 3 is 2.82 bits per heavy atom. The van der Waals surface area contributed by atoms with E-state index in [0.717, 1.165) is 19.3 Å². The highest BCUT2D eigenvalue weighted by Crippen LogP contribution is 2.45. The fourth-order valence-corrected chi connectivity index (χ4v) is 3.77. The molecule has 3 atom stereocenters. The lowest BCUT2D eigenvalue weighted by Gasteiger charge is -2.36. The van der Waals surface area contributed by atoms with Gasteiger partial charge in [-0.25, -0.2) is 4.79 Å². The van der Waals surface area contributed by atoms with Gasteiger partial charge in [-0.1, -0.05) is 0 Å². The molecule has 0 amide bonds. The van der Waals surface area contributed by atoms with Crippen molar-refractivity contribution in [2.24, 2.45) is 0 Å². The van der Waals surface area contributed by atoms with Crippen LogP contribution in [0.3, 0.4) is 0 Å². The van der Waals surface area contributed by atoms with Crippen LogP contribution in [0.5, 0.6) is 0 Å². The summed E-state index contributed by atoms with van der Waals surface area (Å²) in [4.78, 5) is 14.4. The highest BCUT2D eigenvalue weighted by molar-refractivity contribution is 5.90. The van der Waals surface area contributed by atoms with E-state index in [9.17, 15) is 9.90 Å². The van der Waals surface area contributed by atoms with Gasteiger partial charge in [0.15, 0.2) is 0 Å². The van der Waals surface area contributed by atoms with Gasteiger partial charge >= 0.3 is 5.97 Å². The average molecular weight is 237 g/mol. The van der Waals surface area contributed by atoms with E-state index < -0.39 is 0 Å². The van der Waals surface area contributed by atoms with Crippen LogP contribution in [0.1, 0.15) is 39.0 Å². The first kappa shape index (κ1) is 11.1. The van der Waals surface area contributed by atoms with Crippen LogP contribution in [0.4, 0.5) is 0 Å². The standard InChI is InChI=1S/C13H19NO3/c1-2-17-13(16)12-10-6-5-8-3-4-9(14(8)10)7-11(12)15/h8-10,15H,2-7H2,1H3/t8-,9+,10-/m1/s1. The van der Waals surface area contributed by atoms with E-state index in [1.807, 2.05) is 0 Å². The zero-order valence-electron chi connectivity index (χ0n) is 10.2. The molecule has 0 aromatic carbocycles. The van der Waals surface area contributed by atoms with Crippen molar-refractivity contribution in [2.75, 3.05) is 6.61 Å². The van der Waals surface area contributed by atoms with Crippen molar-refractivity contribution in [3.05, 3.63) is 11.3 Å². The number of hydrogen-bond donors (Lipinski definition) is 1. The largest absolute Gasteiger partial charge is 0.512 e. The predicted molar refractivity (Wildman–Crippen MR) is 62.6 cm³/mol. The summed E-state index contributed by atoms with van der Waals surface area (Å²) in [6.07, 6.45) is 5.13. The van der Waals surface area contributed by atoms with Gasteiger partial charge < -0.3 is 9.84 Å². The fraction of sp³-hybridized carbons (Fsp3) is 0.769. The fourth-order valence-electron chi connectivity index (χ4n) is 3.77. The van der Waals surface area contributed by atoms with E-state index in [0.29, 0.717) is 30.7 Å². The van der Waals surface area contributed by atoms with E-state index in [1.54, 1.807) is 6.92 Å². The minimum absolute atomic E-state index is 0.111. The molecule has 0 unspecified atom stereocenters. The Balaban J connectivity index is 1.91. The van der Waals surface area contributed by atoms with Crippen molar-refractivity contribution in [3.8, 4) is 0 Å². The number of rotatable bonds is 2. The quantitative estimate of drug-likeness (QED) is 0.743. The van der Waals surface area contributed by atoms with Crippen LogP contribution < -0.4 is 0 Å². The Hall–Kier alpha value is -1.03. The SMILES string of the molecule is CCOC(=O)C1=C(O)C[C@@H]2CC[C@@H]3CC[C@H]1N32. The molecule has 17 heavy (non-hydrogen) atoms. The van der Waals surface area contributed by atoms with Crippen molar-refractivity contribution < 1.29 is 14.6 Å². The van der Waals surface area contributed by atoms with Gasteiger partial charge in [-0.2, -0.15) is 0 Å². The summed E-state index contributed by atoms with van der Waals surface area (Å²) < 4.78 is 5.07. The Labute approximate surface area is 101 Å². The van der Waals surface area contributed by atoms with Crippen LogP contribution in [0, 0.1) is 0 Å². The molecule has 4 heteroatoms. The summed E-state index contributed by atoms with van der Waals surface area (Å²) in [5.74, 6) is -0.0433. The maximum absolute atomic E-state index is 11.9. The first-order valence-corrected chi connectivity index (χ1v) is 6.59. The number of esters is 1. The van der Waals surface area contributed by atoms with E-state index in [4.69, 9.17) is 4.74 Å². The zero-order chi connectivity index (χ0) is 12.0. The van der Waals surface area contributed by atoms with Gasteiger partial charge in [-0.05, 0) is 32.6 Å². The monoisotopic (exact) mass is 237 g/mol. The van der Waals surface area contributed by atoms with Crippen molar-refractivity contribution >= 4 is 5.97 Å². The van der Waals surface area contributed by atoms with Crippen molar-refractivity contribution in [1.82, 2.24) is 4.90 Å². The van der Waals surface area contributed by atoms with Gasteiger partial charge in [0.05, 0.1) is 12.2 Å². The smallest absolute Gasteiger partial charge is 0.339 e. The molecule has 2 fully saturated rings. The zero-order valence-corrected chi connectivity index (χ0v) is 10.2. The van der Waals surface area contributed by atoms with Gasteiger partial charge in [-0.3, -0.25) is 4.90 Å². The van der Waals surface area contributed by atoms with Gasteiger partial charge in [-0.15, -0.1) is 0 Å². The molecule has 2 saturated heterocycles. The molecule has 0 aromatic heterocycles. The summed E-state index contributed by atoms with van der Waals surface area (Å²) in [6, 6.07) is 1.19. The second-order valence-electron chi connectivity index (χ2n) is 5.21. The van der Waals surface area contributed by atoms with Gasteiger partial charge in [0.25, 0.3) is 0 Å². The maximum Gasteiger partial charge on any atom is 0.339 e. The van der Waals surface area contributed by atoms with Gasteiger partial charge in [0.2, 0.25) is 0 Å². The first-order valence-electron chi connectivity index (χ1n) is 6.59. The molecule has 4 nitrogen and oxygen atoms in total. The summed E-state index contributed by atoms with van der Waals surface area (Å²) in [5.41, 5.74) is 0.535. The molecular formula is C13H19NO3. The van der Waals surface area contributed by atoms with Gasteiger partial charge in [0.1, 0.15) is 5.76 Å². The molecule has 0 spiro atoms. The lowest BCUT2D eigenvalue weighted by atomic mass is 9.93. The van der Waals surface area contributed by atoms with Gasteiger partial charge in [0, 0.05) is 24.5 Å². The van der Waals surface area contributed by atoms with Crippen LogP contribution in [-0.4, -0.2) is 40.7 Å². The third kappa shape index (κ3) is 1.58. The normalized spacial score (nSPS) is 36.2. The minimum Gasteiger partial charge on any atom is -0.512 e. The molecule has 0 bridgehead atoms. The highest BCUT2D eigenvalue weighted by atomic mass is 16.5. The molecule has 3 rings (SSSR count). The van der Waals surface area contributed by atoms with Crippen LogP contribution in [0.25, 0.3) is 0 Å². The third-order valence-electron chi connectivity index (χ3n) is 4.38. The topological polar surface area (TPSA) is 49.8 Å². The van der Waals surface area contributed by atoms with E-state index in [1.165, 1.54) is 6.42 Å². The van der Waals surface area contributed by atoms with E-state index in [2.05, 4.69) is 4.90 Å². The number of ether oxygens (including phenoxy) is 1. The number of aliphatic hydroxyl groups is 1. The molecule has 0 radical (unpaired) electrons. The molecule has 0 aliphatic carbocycles. The molecule has 3 aliphatic heterocycles. The van der Waals surface area contributed by atoms with Crippen molar-refractivity contribution in [1.29, 1.82) is 0 Å². The second-order valence-corrected chi connectivity index (χ2v) is 5.21. The molecular weight excluding hydrogens is 218 g/mol. The molecule has 3 heterocycles. The number of nitrogens with zero attached hydrogens (tertiary/aromatic N) is 1. The molecule has 0 aromatic rings. The molecule has 3 aliphatic rings. The highest BCUT2D eigenvalue weighted by Gasteiger charge is 2.49. The van der Waals surface area contributed by atoms with Crippen molar-refractivity contribution in [3.63, 3.8) is 0 Å². The van der Waals surface area contributed by atoms with Crippen molar-refractivity contribution in [2.45, 2.75) is 57.2 Å².